The van der Waals surface area contributed by atoms with E-state index < -0.39 is 0 Å². The third-order valence-electron chi connectivity index (χ3n) is 5.61. The molecule has 0 saturated carbocycles. The molecule has 132 valence electrons. The van der Waals surface area contributed by atoms with Gasteiger partial charge in [-0.05, 0) is 37.9 Å². The largest absolute Gasteiger partial charge is 0.377 e. The number of nitrogens with one attached hydrogen (secondary N) is 3. The summed E-state index contributed by atoms with van der Waals surface area (Å²) < 4.78 is 0. The Hall–Kier alpha value is -2.80. The molecule has 0 bridgehead atoms. The Bertz CT molecular complexity index is 975. The van der Waals surface area contributed by atoms with Crippen molar-refractivity contribution in [1.29, 1.82) is 0 Å². The van der Waals surface area contributed by atoms with Gasteiger partial charge >= 0.3 is 0 Å². The zero-order valence-electron chi connectivity index (χ0n) is 14.3. The summed E-state index contributed by atoms with van der Waals surface area (Å²) in [6, 6.07) is 8.44. The first-order chi connectivity index (χ1) is 12.9. The number of anilines is 1. The summed E-state index contributed by atoms with van der Waals surface area (Å²) in [4.78, 5) is 14.3. The van der Waals surface area contributed by atoms with E-state index >= 15 is 0 Å². The monoisotopic (exact) mass is 348 g/mol. The van der Waals surface area contributed by atoms with Crippen molar-refractivity contribution in [2.45, 2.75) is 25.4 Å². The van der Waals surface area contributed by atoms with Gasteiger partial charge in [-0.1, -0.05) is 23.4 Å². The first-order valence-corrected chi connectivity index (χ1v) is 9.09. The van der Waals surface area contributed by atoms with Crippen LogP contribution in [0.25, 0.3) is 22.2 Å². The molecule has 1 saturated heterocycles. The van der Waals surface area contributed by atoms with Crippen molar-refractivity contribution in [3.8, 4) is 11.1 Å². The number of nitrogens with zero attached hydrogens (tertiary/aromatic N) is 3. The maximum atomic E-state index is 11.0. The normalized spacial score (nSPS) is 19.6. The standard InChI is InChI=1S/C19H20N6O/c26-22-10-15-16-12-3-1-2-4-14(12)23-18(11-5-7-20-8-6-11)13-9-21-19(17(13)16)25-24-15/h1-4,9,11,18,20,23H,5-8,10H2,(H,21,25). The van der Waals surface area contributed by atoms with Crippen LogP contribution in [0.4, 0.5) is 5.69 Å². The molecule has 1 fully saturated rings. The number of nitroso groups, excluding NO2 is 1. The van der Waals surface area contributed by atoms with E-state index in [0.717, 1.165) is 53.8 Å². The van der Waals surface area contributed by atoms with E-state index in [0.29, 0.717) is 11.6 Å². The quantitative estimate of drug-likeness (QED) is 0.631. The van der Waals surface area contributed by atoms with Crippen molar-refractivity contribution in [3.63, 3.8) is 0 Å². The SMILES string of the molecule is O=NCc1nnc2[nH]cc3c2c1-c1ccccc1NC3C1CCNCC1. The Morgan fingerprint density at radius 1 is 1.15 bits per heavy atom. The Kier molecular flexibility index (Phi) is 3.67. The molecule has 3 aromatic rings. The molecule has 26 heavy (non-hydrogen) atoms. The molecule has 2 aliphatic rings. The van der Waals surface area contributed by atoms with E-state index in [9.17, 15) is 4.91 Å². The van der Waals surface area contributed by atoms with E-state index in [2.05, 4.69) is 43.1 Å². The van der Waals surface area contributed by atoms with Crippen molar-refractivity contribution in [2.24, 2.45) is 11.1 Å². The molecule has 5 rings (SSSR count). The van der Waals surface area contributed by atoms with Crippen molar-refractivity contribution in [2.75, 3.05) is 18.4 Å². The van der Waals surface area contributed by atoms with Gasteiger partial charge in [0, 0.05) is 34.0 Å². The molecule has 1 atom stereocenters. The van der Waals surface area contributed by atoms with E-state index in [4.69, 9.17) is 0 Å². The van der Waals surface area contributed by atoms with Crippen LogP contribution in [0.5, 0.6) is 0 Å². The summed E-state index contributed by atoms with van der Waals surface area (Å²) in [5.74, 6) is 0.537. The number of rotatable bonds is 3. The summed E-state index contributed by atoms with van der Waals surface area (Å²) in [5.41, 5.74) is 5.72. The number of para-hydroxylation sites is 1. The van der Waals surface area contributed by atoms with Crippen LogP contribution in [-0.4, -0.2) is 28.3 Å². The highest BCUT2D eigenvalue weighted by Crippen LogP contribution is 2.46. The van der Waals surface area contributed by atoms with Gasteiger partial charge in [-0.15, -0.1) is 5.10 Å². The molecule has 1 aromatic carbocycles. The second-order valence-electron chi connectivity index (χ2n) is 7.03. The third kappa shape index (κ3) is 2.31. The average Bonchev–Trinajstić information content (AvgIpc) is 3.04. The van der Waals surface area contributed by atoms with Crippen molar-refractivity contribution in [1.82, 2.24) is 20.5 Å². The van der Waals surface area contributed by atoms with Gasteiger partial charge in [-0.25, -0.2) is 0 Å². The lowest BCUT2D eigenvalue weighted by atomic mass is 9.86. The molecule has 0 spiro atoms. The summed E-state index contributed by atoms with van der Waals surface area (Å²) in [6.45, 7) is 2.11. The Labute approximate surface area is 150 Å². The summed E-state index contributed by atoms with van der Waals surface area (Å²) >= 11 is 0. The lowest BCUT2D eigenvalue weighted by Gasteiger charge is -2.31. The van der Waals surface area contributed by atoms with Crippen LogP contribution >= 0.6 is 0 Å². The summed E-state index contributed by atoms with van der Waals surface area (Å²) in [5, 5.41) is 20.0. The van der Waals surface area contributed by atoms with Gasteiger partial charge in [-0.2, -0.15) is 10.0 Å². The van der Waals surface area contributed by atoms with Gasteiger partial charge in [0.25, 0.3) is 0 Å². The van der Waals surface area contributed by atoms with Crippen LogP contribution < -0.4 is 10.6 Å². The van der Waals surface area contributed by atoms with Crippen LogP contribution in [0.3, 0.4) is 0 Å². The van der Waals surface area contributed by atoms with Crippen molar-refractivity contribution in [3.05, 3.63) is 46.6 Å². The maximum Gasteiger partial charge on any atom is 0.160 e. The van der Waals surface area contributed by atoms with E-state index in [-0.39, 0.29) is 12.6 Å². The maximum absolute atomic E-state index is 11.0. The van der Waals surface area contributed by atoms with Crippen LogP contribution in [0, 0.1) is 10.8 Å². The summed E-state index contributed by atoms with van der Waals surface area (Å²) in [7, 11) is 0. The minimum Gasteiger partial charge on any atom is -0.377 e. The predicted octanol–water partition coefficient (Wildman–Crippen LogP) is 3.36. The van der Waals surface area contributed by atoms with Gasteiger partial charge in [0.05, 0.1) is 11.7 Å². The third-order valence-corrected chi connectivity index (χ3v) is 5.61. The van der Waals surface area contributed by atoms with Crippen molar-refractivity contribution < 1.29 is 0 Å². The highest BCUT2D eigenvalue weighted by molar-refractivity contribution is 6.01. The number of hydrogen-bond donors (Lipinski definition) is 3. The molecule has 1 unspecified atom stereocenters. The molecule has 7 heteroatoms. The van der Waals surface area contributed by atoms with E-state index in [1.165, 1.54) is 5.56 Å². The van der Waals surface area contributed by atoms with Gasteiger partial charge in [0.15, 0.2) is 5.65 Å². The molecule has 0 amide bonds. The number of aromatic nitrogens is 3. The Balaban J connectivity index is 1.79. The highest BCUT2D eigenvalue weighted by Gasteiger charge is 2.32. The Morgan fingerprint density at radius 3 is 2.85 bits per heavy atom. The molecular formula is C19H20N6O. The molecule has 2 aromatic heterocycles. The average molecular weight is 348 g/mol. The molecule has 7 nitrogen and oxygen atoms in total. The Morgan fingerprint density at radius 2 is 2.00 bits per heavy atom. The zero-order valence-corrected chi connectivity index (χ0v) is 14.3. The van der Waals surface area contributed by atoms with E-state index in [1.54, 1.807) is 0 Å². The molecule has 3 N–H and O–H groups in total. The molecule has 0 aliphatic carbocycles. The van der Waals surface area contributed by atoms with Crippen LogP contribution in [0.1, 0.15) is 30.1 Å². The van der Waals surface area contributed by atoms with Crippen LogP contribution in [0.2, 0.25) is 0 Å². The minimum absolute atomic E-state index is 0.0231. The lowest BCUT2D eigenvalue weighted by molar-refractivity contribution is 0.336. The number of piperidine rings is 1. The zero-order chi connectivity index (χ0) is 17.5. The molecule has 4 heterocycles. The fourth-order valence-electron chi connectivity index (χ4n) is 4.40. The van der Waals surface area contributed by atoms with Crippen molar-refractivity contribution >= 4 is 16.7 Å². The molecule has 0 radical (unpaired) electrons. The predicted molar refractivity (Wildman–Crippen MR) is 101 cm³/mol. The highest BCUT2D eigenvalue weighted by atomic mass is 16.3. The topological polar surface area (TPSA) is 95.1 Å². The number of H-pyrrole nitrogens is 1. The lowest BCUT2D eigenvalue weighted by Crippen LogP contribution is -2.33. The molecular weight excluding hydrogens is 328 g/mol. The van der Waals surface area contributed by atoms with Gasteiger partial charge in [0.1, 0.15) is 6.54 Å². The van der Waals surface area contributed by atoms with Gasteiger partial charge in [-0.3, -0.25) is 0 Å². The first-order valence-electron chi connectivity index (χ1n) is 9.09. The number of aromatic amines is 1. The fourth-order valence-corrected chi connectivity index (χ4v) is 4.40. The number of benzene rings is 1. The van der Waals surface area contributed by atoms with E-state index in [1.807, 2.05) is 18.3 Å². The number of hydrogen-bond acceptors (Lipinski definition) is 6. The molecule has 2 aliphatic heterocycles. The number of fused-ring (bicyclic) bond motifs is 2. The first kappa shape index (κ1) is 15.5. The second kappa shape index (κ2) is 6.17. The minimum atomic E-state index is 0.0231. The smallest absolute Gasteiger partial charge is 0.160 e. The van der Waals surface area contributed by atoms with Crippen LogP contribution in [-0.2, 0) is 6.54 Å². The fraction of sp³-hybridized carbons (Fsp3) is 0.368. The van der Waals surface area contributed by atoms with Crippen LogP contribution in [0.15, 0.2) is 35.6 Å². The summed E-state index contributed by atoms with van der Waals surface area (Å²) in [6.07, 6.45) is 4.30. The second-order valence-corrected chi connectivity index (χ2v) is 7.03. The van der Waals surface area contributed by atoms with Gasteiger partial charge in [0.2, 0.25) is 0 Å². The van der Waals surface area contributed by atoms with Gasteiger partial charge < -0.3 is 15.6 Å².